The lowest BCUT2D eigenvalue weighted by molar-refractivity contribution is 0.0950. The first-order chi connectivity index (χ1) is 13.9. The number of benzene rings is 2. The minimum atomic E-state index is -3.58. The highest BCUT2D eigenvalue weighted by molar-refractivity contribution is 7.99. The summed E-state index contributed by atoms with van der Waals surface area (Å²) in [5.74, 6) is -0.267. The van der Waals surface area contributed by atoms with Gasteiger partial charge in [-0.15, -0.1) is 0 Å². The molecule has 0 spiro atoms. The quantitative estimate of drug-likeness (QED) is 0.625. The van der Waals surface area contributed by atoms with Crippen molar-refractivity contribution in [2.45, 2.75) is 21.4 Å². The van der Waals surface area contributed by atoms with Crippen LogP contribution in [0.4, 0.5) is 0 Å². The molecule has 0 unspecified atom stereocenters. The number of nitrogens with one attached hydrogen (secondary N) is 1. The monoisotopic (exact) mass is 427 g/mol. The highest BCUT2D eigenvalue weighted by atomic mass is 32.2. The Morgan fingerprint density at radius 1 is 1.00 bits per heavy atom. The summed E-state index contributed by atoms with van der Waals surface area (Å²) in [5, 5.41) is 3.67. The van der Waals surface area contributed by atoms with E-state index in [2.05, 4.69) is 10.3 Å². The number of hydrogen-bond donors (Lipinski definition) is 1. The third-order valence-electron chi connectivity index (χ3n) is 4.15. The Kier molecular flexibility index (Phi) is 6.68. The molecule has 1 N–H and O–H groups in total. The molecule has 0 aliphatic rings. The highest BCUT2D eigenvalue weighted by Crippen LogP contribution is 2.25. The second-order valence-corrected chi connectivity index (χ2v) is 9.59. The fourth-order valence-electron chi connectivity index (χ4n) is 2.58. The molecule has 0 atom stereocenters. The molecule has 0 saturated heterocycles. The molecule has 0 radical (unpaired) electrons. The molecule has 29 heavy (non-hydrogen) atoms. The predicted molar refractivity (Wildman–Crippen MR) is 113 cm³/mol. The molecule has 0 bridgehead atoms. The first-order valence-electron chi connectivity index (χ1n) is 8.85. The van der Waals surface area contributed by atoms with Crippen LogP contribution >= 0.6 is 11.8 Å². The van der Waals surface area contributed by atoms with E-state index in [1.807, 2.05) is 30.3 Å². The van der Waals surface area contributed by atoms with Gasteiger partial charge in [0.15, 0.2) is 0 Å². The standard InChI is InChI=1S/C21H21N3O3S2/c1-24(2)29(26,27)19-8-4-3-7-17(19)15-23-21(25)16-10-12-18(13-11-16)28-20-9-5-6-14-22-20/h3-14H,15H2,1-2H3,(H,23,25). The van der Waals surface area contributed by atoms with Crippen molar-refractivity contribution in [1.29, 1.82) is 0 Å². The third-order valence-corrected chi connectivity index (χ3v) is 7.02. The summed E-state index contributed by atoms with van der Waals surface area (Å²) in [7, 11) is -0.619. The van der Waals surface area contributed by atoms with Crippen molar-refractivity contribution in [3.8, 4) is 0 Å². The zero-order chi connectivity index (χ0) is 20.9. The van der Waals surface area contributed by atoms with Crippen LogP contribution in [0.25, 0.3) is 0 Å². The van der Waals surface area contributed by atoms with Gasteiger partial charge in [0.1, 0.15) is 5.03 Å². The van der Waals surface area contributed by atoms with Gasteiger partial charge in [0.05, 0.1) is 4.90 Å². The number of amides is 1. The number of carbonyl (C=O) groups is 1. The van der Waals surface area contributed by atoms with Gasteiger partial charge in [-0.3, -0.25) is 4.79 Å². The predicted octanol–water partition coefficient (Wildman–Crippen LogP) is 3.41. The molecule has 150 valence electrons. The lowest BCUT2D eigenvalue weighted by atomic mass is 10.2. The van der Waals surface area contributed by atoms with E-state index in [1.54, 1.807) is 42.6 Å². The third kappa shape index (κ3) is 5.23. The maximum absolute atomic E-state index is 12.5. The smallest absolute Gasteiger partial charge is 0.251 e. The van der Waals surface area contributed by atoms with E-state index in [9.17, 15) is 13.2 Å². The molecule has 2 aromatic carbocycles. The summed E-state index contributed by atoms with van der Waals surface area (Å²) in [4.78, 5) is 17.9. The Bertz CT molecular complexity index is 1080. The normalized spacial score (nSPS) is 11.4. The number of nitrogens with zero attached hydrogens (tertiary/aromatic N) is 2. The molecule has 1 amide bonds. The van der Waals surface area contributed by atoms with Crippen LogP contribution < -0.4 is 5.32 Å². The molecule has 1 aromatic heterocycles. The van der Waals surface area contributed by atoms with Crippen LogP contribution in [0.15, 0.2) is 87.7 Å². The van der Waals surface area contributed by atoms with Crippen molar-refractivity contribution in [2.75, 3.05) is 14.1 Å². The van der Waals surface area contributed by atoms with Crippen LogP contribution in [0.3, 0.4) is 0 Å². The lowest BCUT2D eigenvalue weighted by Crippen LogP contribution is -2.27. The van der Waals surface area contributed by atoms with Gasteiger partial charge in [0.25, 0.3) is 5.91 Å². The van der Waals surface area contributed by atoms with Gasteiger partial charge >= 0.3 is 0 Å². The van der Waals surface area contributed by atoms with E-state index in [-0.39, 0.29) is 17.3 Å². The van der Waals surface area contributed by atoms with Gasteiger partial charge in [0.2, 0.25) is 10.0 Å². The summed E-state index contributed by atoms with van der Waals surface area (Å²) >= 11 is 1.51. The van der Waals surface area contributed by atoms with Crippen LogP contribution in [0.2, 0.25) is 0 Å². The fourth-order valence-corrected chi connectivity index (χ4v) is 4.47. The SMILES string of the molecule is CN(C)S(=O)(=O)c1ccccc1CNC(=O)c1ccc(Sc2ccccn2)cc1. The van der Waals surface area contributed by atoms with Gasteiger partial charge in [-0.25, -0.2) is 17.7 Å². The molecule has 8 heteroatoms. The highest BCUT2D eigenvalue weighted by Gasteiger charge is 2.20. The Morgan fingerprint density at radius 2 is 1.69 bits per heavy atom. The van der Waals surface area contributed by atoms with Crippen molar-refractivity contribution in [1.82, 2.24) is 14.6 Å². The number of carbonyl (C=O) groups excluding carboxylic acids is 1. The van der Waals surface area contributed by atoms with Crippen molar-refractivity contribution in [2.24, 2.45) is 0 Å². The summed E-state index contributed by atoms with van der Waals surface area (Å²) < 4.78 is 26.1. The van der Waals surface area contributed by atoms with Gasteiger partial charge < -0.3 is 5.32 Å². The average molecular weight is 428 g/mol. The van der Waals surface area contributed by atoms with E-state index in [4.69, 9.17) is 0 Å². The zero-order valence-corrected chi connectivity index (χ0v) is 17.7. The average Bonchev–Trinajstić information content (AvgIpc) is 2.73. The maximum Gasteiger partial charge on any atom is 0.251 e. The van der Waals surface area contributed by atoms with Gasteiger partial charge in [0, 0.05) is 37.3 Å². The van der Waals surface area contributed by atoms with E-state index < -0.39 is 10.0 Å². The molecular formula is C21H21N3O3S2. The molecule has 1 heterocycles. The van der Waals surface area contributed by atoms with E-state index in [0.29, 0.717) is 11.1 Å². The van der Waals surface area contributed by atoms with E-state index >= 15 is 0 Å². The Hall–Kier alpha value is -2.68. The molecular weight excluding hydrogens is 406 g/mol. The molecule has 6 nitrogen and oxygen atoms in total. The summed E-state index contributed by atoms with van der Waals surface area (Å²) in [6.07, 6.45) is 1.73. The van der Waals surface area contributed by atoms with Crippen LogP contribution in [-0.2, 0) is 16.6 Å². The Balaban J connectivity index is 1.68. The minimum Gasteiger partial charge on any atom is -0.348 e. The number of pyridine rings is 1. The number of hydrogen-bond acceptors (Lipinski definition) is 5. The van der Waals surface area contributed by atoms with Gasteiger partial charge in [-0.1, -0.05) is 36.0 Å². The van der Waals surface area contributed by atoms with Crippen molar-refractivity contribution in [3.05, 3.63) is 84.1 Å². The largest absolute Gasteiger partial charge is 0.348 e. The summed E-state index contributed by atoms with van der Waals surface area (Å²) in [6.45, 7) is 0.118. The molecule has 0 saturated carbocycles. The van der Waals surface area contributed by atoms with Crippen molar-refractivity contribution < 1.29 is 13.2 Å². The van der Waals surface area contributed by atoms with Crippen LogP contribution in [0, 0.1) is 0 Å². The lowest BCUT2D eigenvalue weighted by Gasteiger charge is -2.15. The number of sulfonamides is 1. The maximum atomic E-state index is 12.5. The number of rotatable bonds is 7. The molecule has 0 aliphatic heterocycles. The Labute approximate surface area is 175 Å². The van der Waals surface area contributed by atoms with Gasteiger partial charge in [-0.2, -0.15) is 0 Å². The van der Waals surface area contributed by atoms with Crippen LogP contribution in [0.5, 0.6) is 0 Å². The first kappa shape index (κ1) is 21.0. The zero-order valence-electron chi connectivity index (χ0n) is 16.1. The van der Waals surface area contributed by atoms with Gasteiger partial charge in [-0.05, 0) is 48.0 Å². The molecule has 3 aromatic rings. The second-order valence-electron chi connectivity index (χ2n) is 6.37. The fraction of sp³-hybridized carbons (Fsp3) is 0.143. The first-order valence-corrected chi connectivity index (χ1v) is 11.1. The van der Waals surface area contributed by atoms with E-state index in [0.717, 1.165) is 14.2 Å². The summed E-state index contributed by atoms with van der Waals surface area (Å²) in [6, 6.07) is 19.6. The minimum absolute atomic E-state index is 0.118. The van der Waals surface area contributed by atoms with E-state index in [1.165, 1.54) is 25.9 Å². The molecule has 0 fully saturated rings. The summed E-state index contributed by atoms with van der Waals surface area (Å²) in [5.41, 5.74) is 1.04. The van der Waals surface area contributed by atoms with Crippen molar-refractivity contribution >= 4 is 27.7 Å². The Morgan fingerprint density at radius 3 is 2.34 bits per heavy atom. The topological polar surface area (TPSA) is 79.4 Å². The van der Waals surface area contributed by atoms with Crippen LogP contribution in [0.1, 0.15) is 15.9 Å². The molecule has 3 rings (SSSR count). The number of aromatic nitrogens is 1. The van der Waals surface area contributed by atoms with Crippen molar-refractivity contribution in [3.63, 3.8) is 0 Å². The second kappa shape index (κ2) is 9.21. The molecule has 0 aliphatic carbocycles. The van der Waals surface area contributed by atoms with Crippen LogP contribution in [-0.4, -0.2) is 37.7 Å².